The Morgan fingerprint density at radius 3 is 2.23 bits per heavy atom. The lowest BCUT2D eigenvalue weighted by Gasteiger charge is -2.16. The third-order valence-electron chi connectivity index (χ3n) is 4.94. The molecule has 4 aromatic rings. The highest BCUT2D eigenvalue weighted by Crippen LogP contribution is 2.37. The first-order valence-corrected chi connectivity index (χ1v) is 10.4. The zero-order valence-electron chi connectivity index (χ0n) is 18.1. The van der Waals surface area contributed by atoms with E-state index in [4.69, 9.17) is 9.15 Å². The fourth-order valence-electron chi connectivity index (χ4n) is 3.20. The summed E-state index contributed by atoms with van der Waals surface area (Å²) in [6.07, 6.45) is -3.50. The average molecular weight is 480 g/mol. The summed E-state index contributed by atoms with van der Waals surface area (Å²) >= 11 is 0. The smallest absolute Gasteiger partial charge is 0.418 e. The number of furan rings is 1. The second-order valence-electron chi connectivity index (χ2n) is 7.44. The lowest BCUT2D eigenvalue weighted by atomic mass is 10.1. The number of benzene rings is 3. The van der Waals surface area contributed by atoms with Crippen molar-refractivity contribution in [2.75, 3.05) is 10.6 Å². The summed E-state index contributed by atoms with van der Waals surface area (Å²) in [4.78, 5) is 24.7. The molecule has 9 heteroatoms. The lowest BCUT2D eigenvalue weighted by Crippen LogP contribution is -2.18. The highest BCUT2D eigenvalue weighted by atomic mass is 19.4. The summed E-state index contributed by atoms with van der Waals surface area (Å²) in [5.74, 6) is -0.763. The van der Waals surface area contributed by atoms with Gasteiger partial charge in [0.1, 0.15) is 12.4 Å². The van der Waals surface area contributed by atoms with Gasteiger partial charge in [-0.15, -0.1) is 0 Å². The van der Waals surface area contributed by atoms with E-state index in [9.17, 15) is 22.8 Å². The molecule has 0 fully saturated rings. The van der Waals surface area contributed by atoms with Gasteiger partial charge in [-0.1, -0.05) is 30.3 Å². The molecule has 3 aromatic carbocycles. The second-order valence-corrected chi connectivity index (χ2v) is 7.44. The largest absolute Gasteiger partial charge is 0.489 e. The van der Waals surface area contributed by atoms with E-state index in [1.807, 2.05) is 30.3 Å². The van der Waals surface area contributed by atoms with Crippen LogP contribution in [0.3, 0.4) is 0 Å². The Bertz CT molecular complexity index is 1300. The standard InChI is InChI=1S/C26H19F3N2O4/c27-26(28,29)21-15-19(30-25(33)23-7-4-14-34-23)12-13-22(21)31-24(32)18-10-8-17(9-11-18)16-35-20-5-2-1-3-6-20/h1-15H,16H2,(H,30,33)(H,31,32). The molecule has 0 aliphatic heterocycles. The fourth-order valence-corrected chi connectivity index (χ4v) is 3.20. The van der Waals surface area contributed by atoms with Gasteiger partial charge >= 0.3 is 6.18 Å². The molecule has 35 heavy (non-hydrogen) atoms. The quantitative estimate of drug-likeness (QED) is 0.322. The minimum Gasteiger partial charge on any atom is -0.489 e. The Hall–Kier alpha value is -4.53. The van der Waals surface area contributed by atoms with E-state index in [0.717, 1.165) is 17.7 Å². The molecular formula is C26H19F3N2O4. The average Bonchev–Trinajstić information content (AvgIpc) is 3.39. The molecule has 0 aliphatic carbocycles. The predicted molar refractivity (Wildman–Crippen MR) is 123 cm³/mol. The van der Waals surface area contributed by atoms with Crippen LogP contribution < -0.4 is 15.4 Å². The molecule has 4 rings (SSSR count). The predicted octanol–water partition coefficient (Wildman–Crippen LogP) is 6.38. The number of halogens is 3. The second kappa shape index (κ2) is 10.2. The highest BCUT2D eigenvalue weighted by molar-refractivity contribution is 6.05. The molecule has 178 valence electrons. The van der Waals surface area contributed by atoms with Crippen LogP contribution in [0.5, 0.6) is 5.75 Å². The third-order valence-corrected chi connectivity index (χ3v) is 4.94. The van der Waals surface area contributed by atoms with Crippen LogP contribution in [0.2, 0.25) is 0 Å². The summed E-state index contributed by atoms with van der Waals surface area (Å²) in [7, 11) is 0. The van der Waals surface area contributed by atoms with Crippen LogP contribution in [0.25, 0.3) is 0 Å². The van der Waals surface area contributed by atoms with Gasteiger partial charge in [-0.25, -0.2) is 0 Å². The van der Waals surface area contributed by atoms with Crippen molar-refractivity contribution in [3.63, 3.8) is 0 Å². The minimum atomic E-state index is -4.77. The highest BCUT2D eigenvalue weighted by Gasteiger charge is 2.34. The first-order valence-electron chi connectivity index (χ1n) is 10.4. The number of hydrogen-bond acceptors (Lipinski definition) is 4. The van der Waals surface area contributed by atoms with Gasteiger partial charge in [0.05, 0.1) is 17.5 Å². The molecule has 1 aromatic heterocycles. The maximum atomic E-state index is 13.7. The number of ether oxygens (including phenoxy) is 1. The van der Waals surface area contributed by atoms with E-state index in [-0.39, 0.29) is 23.6 Å². The molecular weight excluding hydrogens is 461 g/mol. The van der Waals surface area contributed by atoms with E-state index >= 15 is 0 Å². The number of carbonyl (C=O) groups is 2. The van der Waals surface area contributed by atoms with E-state index < -0.39 is 29.2 Å². The fraction of sp³-hybridized carbons (Fsp3) is 0.0769. The van der Waals surface area contributed by atoms with Gasteiger partial charge in [0.25, 0.3) is 11.8 Å². The number of para-hydroxylation sites is 1. The van der Waals surface area contributed by atoms with E-state index in [1.54, 1.807) is 12.1 Å². The summed E-state index contributed by atoms with van der Waals surface area (Å²) in [6.45, 7) is 0.273. The number of hydrogen-bond donors (Lipinski definition) is 2. The van der Waals surface area contributed by atoms with E-state index in [0.29, 0.717) is 5.75 Å². The zero-order chi connectivity index (χ0) is 24.8. The molecule has 6 nitrogen and oxygen atoms in total. The molecule has 1 heterocycles. The van der Waals surface area contributed by atoms with Crippen molar-refractivity contribution in [1.29, 1.82) is 0 Å². The summed E-state index contributed by atoms with van der Waals surface area (Å²) < 4.78 is 51.6. The van der Waals surface area contributed by atoms with Crippen LogP contribution >= 0.6 is 0 Å². The normalized spacial score (nSPS) is 11.1. The van der Waals surface area contributed by atoms with Gasteiger partial charge < -0.3 is 19.8 Å². The van der Waals surface area contributed by atoms with Crippen LogP contribution in [0.1, 0.15) is 32.0 Å². The first-order chi connectivity index (χ1) is 16.8. The van der Waals surface area contributed by atoms with Crippen LogP contribution in [-0.2, 0) is 12.8 Å². The molecule has 0 saturated heterocycles. The number of carbonyl (C=O) groups excluding carboxylic acids is 2. The Labute approximate surface area is 198 Å². The van der Waals surface area contributed by atoms with Crippen molar-refractivity contribution in [2.24, 2.45) is 0 Å². The van der Waals surface area contributed by atoms with Gasteiger partial charge in [0.2, 0.25) is 0 Å². The van der Waals surface area contributed by atoms with Gasteiger partial charge in [0.15, 0.2) is 5.76 Å². The Morgan fingerprint density at radius 2 is 1.57 bits per heavy atom. The Kier molecular flexibility index (Phi) is 6.86. The Morgan fingerprint density at radius 1 is 0.829 bits per heavy atom. The summed E-state index contributed by atoms with van der Waals surface area (Å²) in [6, 6.07) is 21.5. The van der Waals surface area contributed by atoms with Gasteiger partial charge in [-0.3, -0.25) is 9.59 Å². The van der Waals surface area contributed by atoms with Crippen molar-refractivity contribution >= 4 is 23.2 Å². The van der Waals surface area contributed by atoms with Crippen molar-refractivity contribution in [3.8, 4) is 5.75 Å². The van der Waals surface area contributed by atoms with Crippen LogP contribution in [0.15, 0.2) is 95.6 Å². The van der Waals surface area contributed by atoms with Crippen LogP contribution in [-0.4, -0.2) is 11.8 Å². The van der Waals surface area contributed by atoms with Crippen molar-refractivity contribution < 1.29 is 31.9 Å². The number of amides is 2. The lowest BCUT2D eigenvalue weighted by molar-refractivity contribution is -0.136. The van der Waals surface area contributed by atoms with E-state index in [1.165, 1.54) is 36.6 Å². The number of nitrogens with one attached hydrogen (secondary N) is 2. The molecule has 0 radical (unpaired) electrons. The zero-order valence-corrected chi connectivity index (χ0v) is 18.1. The van der Waals surface area contributed by atoms with Crippen LogP contribution in [0.4, 0.5) is 24.5 Å². The summed E-state index contributed by atoms with van der Waals surface area (Å²) in [5.41, 5.74) is -0.666. The van der Waals surface area contributed by atoms with Crippen LogP contribution in [0, 0.1) is 0 Å². The molecule has 2 N–H and O–H groups in total. The van der Waals surface area contributed by atoms with E-state index in [2.05, 4.69) is 10.6 Å². The molecule has 2 amide bonds. The SMILES string of the molecule is O=C(Nc1ccc(NC(=O)c2ccco2)cc1C(F)(F)F)c1ccc(COc2ccccc2)cc1. The van der Waals surface area contributed by atoms with Gasteiger partial charge in [-0.05, 0) is 60.2 Å². The number of alkyl halides is 3. The molecule has 0 unspecified atom stereocenters. The third kappa shape index (κ3) is 6.08. The minimum absolute atomic E-state index is 0.0476. The van der Waals surface area contributed by atoms with Gasteiger partial charge in [0, 0.05) is 11.3 Å². The van der Waals surface area contributed by atoms with Crippen molar-refractivity contribution in [1.82, 2.24) is 0 Å². The molecule has 0 saturated carbocycles. The number of rotatable bonds is 7. The molecule has 0 bridgehead atoms. The monoisotopic (exact) mass is 480 g/mol. The molecule has 0 aliphatic rings. The first kappa shape index (κ1) is 23.6. The Balaban J connectivity index is 1.45. The maximum absolute atomic E-state index is 13.7. The molecule has 0 atom stereocenters. The van der Waals surface area contributed by atoms with Crippen molar-refractivity contribution in [3.05, 3.63) is 114 Å². The van der Waals surface area contributed by atoms with Gasteiger partial charge in [-0.2, -0.15) is 13.2 Å². The maximum Gasteiger partial charge on any atom is 0.418 e. The number of anilines is 2. The van der Waals surface area contributed by atoms with Crippen molar-refractivity contribution in [2.45, 2.75) is 12.8 Å². The molecule has 0 spiro atoms. The summed E-state index contributed by atoms with van der Waals surface area (Å²) in [5, 5.41) is 4.64. The topological polar surface area (TPSA) is 80.6 Å².